The Kier molecular flexibility index (Phi) is 5.79. The average Bonchev–Trinajstić information content (AvgIpc) is 2.57. The Balaban J connectivity index is 2.14. The molecule has 0 radical (unpaired) electrons. The maximum atomic E-state index is 13.3. The molecule has 2 aromatic rings. The lowest BCUT2D eigenvalue weighted by Gasteiger charge is -2.12. The first-order valence-electron chi connectivity index (χ1n) is 7.93. The smallest absolute Gasteiger partial charge is 0.261 e. The molecular formula is C18H21FN2O3S. The number of benzene rings is 2. The summed E-state index contributed by atoms with van der Waals surface area (Å²) in [7, 11) is -3.83. The first kappa shape index (κ1) is 18.9. The summed E-state index contributed by atoms with van der Waals surface area (Å²) in [5.41, 5.74) is 1.02. The van der Waals surface area contributed by atoms with Gasteiger partial charge in [0.2, 0.25) is 0 Å². The van der Waals surface area contributed by atoms with Gasteiger partial charge in [-0.25, -0.2) is 12.8 Å². The molecule has 134 valence electrons. The molecule has 1 unspecified atom stereocenters. The minimum Gasteiger partial charge on any atom is -0.350 e. The number of sulfonamides is 1. The van der Waals surface area contributed by atoms with Crippen molar-refractivity contribution in [2.75, 3.05) is 4.72 Å². The van der Waals surface area contributed by atoms with E-state index < -0.39 is 15.8 Å². The fraction of sp³-hybridized carbons (Fsp3) is 0.278. The van der Waals surface area contributed by atoms with Crippen LogP contribution in [0.25, 0.3) is 0 Å². The van der Waals surface area contributed by atoms with E-state index in [0.29, 0.717) is 11.3 Å². The normalized spacial score (nSPS) is 12.5. The van der Waals surface area contributed by atoms with Gasteiger partial charge in [0.05, 0.1) is 4.90 Å². The van der Waals surface area contributed by atoms with E-state index in [1.165, 1.54) is 31.2 Å². The summed E-state index contributed by atoms with van der Waals surface area (Å²) in [6.45, 7) is 5.38. The number of carbonyl (C=O) groups excluding carboxylic acids is 1. The maximum Gasteiger partial charge on any atom is 0.261 e. The number of amides is 1. The molecule has 5 nitrogen and oxygen atoms in total. The van der Waals surface area contributed by atoms with Gasteiger partial charge in [-0.3, -0.25) is 9.52 Å². The Hall–Kier alpha value is -2.41. The number of hydrogen-bond acceptors (Lipinski definition) is 3. The Morgan fingerprint density at radius 3 is 2.36 bits per heavy atom. The lowest BCUT2D eigenvalue weighted by molar-refractivity contribution is 0.0939. The van der Waals surface area contributed by atoms with Crippen LogP contribution in [0.4, 0.5) is 10.1 Å². The summed E-state index contributed by atoms with van der Waals surface area (Å²) in [6.07, 6.45) is 0.820. The van der Waals surface area contributed by atoms with Gasteiger partial charge in [0.15, 0.2) is 0 Å². The number of hydrogen-bond donors (Lipinski definition) is 2. The van der Waals surface area contributed by atoms with Crippen molar-refractivity contribution in [2.45, 2.75) is 38.1 Å². The number of nitrogens with one attached hydrogen (secondary N) is 2. The highest BCUT2D eigenvalue weighted by molar-refractivity contribution is 7.92. The van der Waals surface area contributed by atoms with E-state index in [9.17, 15) is 17.6 Å². The summed E-state index contributed by atoms with van der Waals surface area (Å²) in [6, 6.07) is 9.78. The first-order valence-corrected chi connectivity index (χ1v) is 9.41. The zero-order chi connectivity index (χ0) is 18.6. The van der Waals surface area contributed by atoms with Crippen LogP contribution in [0.15, 0.2) is 47.4 Å². The molecule has 0 saturated carbocycles. The standard InChI is InChI=1S/C18H21FN2O3S/c1-4-13(3)20-18(22)14-5-7-15(8-6-14)21-25(23,24)16-9-10-17(19)12(2)11-16/h5-11,13,21H,4H2,1-3H3,(H,20,22). The van der Waals surface area contributed by atoms with Gasteiger partial charge < -0.3 is 5.32 Å². The summed E-state index contributed by atoms with van der Waals surface area (Å²) < 4.78 is 40.4. The fourth-order valence-corrected chi connectivity index (χ4v) is 3.24. The van der Waals surface area contributed by atoms with Crippen molar-refractivity contribution in [3.8, 4) is 0 Å². The lowest BCUT2D eigenvalue weighted by Crippen LogP contribution is -2.31. The number of halogens is 1. The van der Waals surface area contributed by atoms with Crippen LogP contribution >= 0.6 is 0 Å². The van der Waals surface area contributed by atoms with Gasteiger partial charge >= 0.3 is 0 Å². The van der Waals surface area contributed by atoms with E-state index in [1.807, 2.05) is 13.8 Å². The van der Waals surface area contributed by atoms with E-state index in [4.69, 9.17) is 0 Å². The van der Waals surface area contributed by atoms with Crippen molar-refractivity contribution >= 4 is 21.6 Å². The third-order valence-corrected chi connectivity index (χ3v) is 5.21. The molecule has 7 heteroatoms. The lowest BCUT2D eigenvalue weighted by atomic mass is 10.1. The fourth-order valence-electron chi connectivity index (χ4n) is 2.10. The van der Waals surface area contributed by atoms with Crippen molar-refractivity contribution in [1.29, 1.82) is 0 Å². The third kappa shape index (κ3) is 4.79. The molecule has 0 heterocycles. The highest BCUT2D eigenvalue weighted by Gasteiger charge is 2.16. The molecule has 25 heavy (non-hydrogen) atoms. The van der Waals surface area contributed by atoms with Gasteiger partial charge in [0.25, 0.3) is 15.9 Å². The molecule has 2 rings (SSSR count). The predicted molar refractivity (Wildman–Crippen MR) is 95.6 cm³/mol. The number of aryl methyl sites for hydroxylation is 1. The average molecular weight is 364 g/mol. The van der Waals surface area contributed by atoms with E-state index in [2.05, 4.69) is 10.0 Å². The summed E-state index contributed by atoms with van der Waals surface area (Å²) in [5.74, 6) is -0.673. The molecular weight excluding hydrogens is 343 g/mol. The number of carbonyl (C=O) groups is 1. The zero-order valence-electron chi connectivity index (χ0n) is 14.3. The van der Waals surface area contributed by atoms with Crippen LogP contribution in [0.1, 0.15) is 36.2 Å². The van der Waals surface area contributed by atoms with Gasteiger partial charge in [-0.2, -0.15) is 0 Å². The van der Waals surface area contributed by atoms with Crippen LogP contribution in [0.3, 0.4) is 0 Å². The quantitative estimate of drug-likeness (QED) is 0.824. The Bertz CT molecular complexity index is 864. The van der Waals surface area contributed by atoms with Gasteiger partial charge in [-0.05, 0) is 68.3 Å². The largest absolute Gasteiger partial charge is 0.350 e. The molecule has 0 saturated heterocycles. The minimum atomic E-state index is -3.83. The van der Waals surface area contributed by atoms with E-state index in [0.717, 1.165) is 12.5 Å². The molecule has 0 fully saturated rings. The molecule has 0 bridgehead atoms. The highest BCUT2D eigenvalue weighted by Crippen LogP contribution is 2.19. The van der Waals surface area contributed by atoms with Crippen LogP contribution in [0.5, 0.6) is 0 Å². The first-order chi connectivity index (χ1) is 11.7. The molecule has 1 atom stereocenters. The van der Waals surface area contributed by atoms with E-state index >= 15 is 0 Å². The van der Waals surface area contributed by atoms with Crippen molar-refractivity contribution in [1.82, 2.24) is 5.32 Å². The van der Waals surface area contributed by atoms with Gasteiger partial charge in [-0.1, -0.05) is 6.92 Å². The van der Waals surface area contributed by atoms with Crippen LogP contribution < -0.4 is 10.0 Å². The summed E-state index contributed by atoms with van der Waals surface area (Å²) in [4.78, 5) is 12.0. The Morgan fingerprint density at radius 2 is 1.80 bits per heavy atom. The molecule has 2 aromatic carbocycles. The van der Waals surface area contributed by atoms with Crippen LogP contribution in [0.2, 0.25) is 0 Å². The predicted octanol–water partition coefficient (Wildman–Crippen LogP) is 3.46. The van der Waals surface area contributed by atoms with Gasteiger partial charge in [-0.15, -0.1) is 0 Å². The topological polar surface area (TPSA) is 75.3 Å². The van der Waals surface area contributed by atoms with Crippen molar-refractivity contribution in [3.05, 3.63) is 59.4 Å². The van der Waals surface area contributed by atoms with Crippen molar-refractivity contribution in [3.63, 3.8) is 0 Å². The molecule has 0 spiro atoms. The summed E-state index contributed by atoms with van der Waals surface area (Å²) >= 11 is 0. The van der Waals surface area contributed by atoms with E-state index in [-0.39, 0.29) is 22.4 Å². The molecule has 0 aliphatic heterocycles. The molecule has 0 aliphatic carbocycles. The third-order valence-electron chi connectivity index (χ3n) is 3.83. The van der Waals surface area contributed by atoms with Crippen LogP contribution in [-0.2, 0) is 10.0 Å². The molecule has 0 aromatic heterocycles. The second-order valence-corrected chi connectivity index (χ2v) is 7.56. The second kappa shape index (κ2) is 7.65. The molecule has 1 amide bonds. The van der Waals surface area contributed by atoms with Crippen molar-refractivity contribution < 1.29 is 17.6 Å². The minimum absolute atomic E-state index is 0.0232. The Labute approximate surface area is 147 Å². The highest BCUT2D eigenvalue weighted by atomic mass is 32.2. The molecule has 2 N–H and O–H groups in total. The monoisotopic (exact) mass is 364 g/mol. The zero-order valence-corrected chi connectivity index (χ0v) is 15.2. The Morgan fingerprint density at radius 1 is 1.16 bits per heavy atom. The second-order valence-electron chi connectivity index (χ2n) is 5.88. The van der Waals surface area contributed by atoms with Crippen LogP contribution in [0, 0.1) is 12.7 Å². The summed E-state index contributed by atoms with van der Waals surface area (Å²) in [5, 5.41) is 2.84. The van der Waals surface area contributed by atoms with Gasteiger partial charge in [0, 0.05) is 17.3 Å². The van der Waals surface area contributed by atoms with E-state index in [1.54, 1.807) is 12.1 Å². The number of anilines is 1. The van der Waals surface area contributed by atoms with Gasteiger partial charge in [0.1, 0.15) is 5.82 Å². The van der Waals surface area contributed by atoms with Crippen LogP contribution in [-0.4, -0.2) is 20.4 Å². The maximum absolute atomic E-state index is 13.3. The SMILES string of the molecule is CCC(C)NC(=O)c1ccc(NS(=O)(=O)c2ccc(F)c(C)c2)cc1. The molecule has 0 aliphatic rings. The number of rotatable bonds is 6. The van der Waals surface area contributed by atoms with Crippen molar-refractivity contribution in [2.24, 2.45) is 0 Å².